The van der Waals surface area contributed by atoms with Gasteiger partial charge in [0.15, 0.2) is 0 Å². The van der Waals surface area contributed by atoms with Crippen LogP contribution in [0.1, 0.15) is 36.7 Å². The zero-order valence-corrected chi connectivity index (χ0v) is 15.8. The summed E-state index contributed by atoms with van der Waals surface area (Å²) in [6, 6.07) is 18.6. The maximum atomic E-state index is 11.7. The molecule has 1 heterocycles. The smallest absolute Gasteiger partial charge is 0.337 e. The Morgan fingerprint density at radius 2 is 1.19 bits per heavy atom. The molecule has 0 fully saturated rings. The Morgan fingerprint density at radius 3 is 1.56 bits per heavy atom. The molecule has 0 saturated carbocycles. The van der Waals surface area contributed by atoms with E-state index >= 15 is 0 Å². The van der Waals surface area contributed by atoms with Crippen LogP contribution < -0.4 is 0 Å². The van der Waals surface area contributed by atoms with Crippen LogP contribution in [0.25, 0.3) is 11.6 Å². The fraction of sp³-hybridized carbons (Fsp3) is 0.0909. The molecule has 0 amide bonds. The van der Waals surface area contributed by atoms with Gasteiger partial charge in [-0.15, -0.1) is 11.3 Å². The van der Waals surface area contributed by atoms with Gasteiger partial charge < -0.3 is 9.47 Å². The van der Waals surface area contributed by atoms with Crippen LogP contribution in [-0.4, -0.2) is 26.2 Å². The summed E-state index contributed by atoms with van der Waals surface area (Å²) in [6.07, 6.45) is 2.09. The van der Waals surface area contributed by atoms with E-state index in [1.54, 1.807) is 35.6 Å². The van der Waals surface area contributed by atoms with E-state index in [9.17, 15) is 9.59 Å². The van der Waals surface area contributed by atoms with Crippen molar-refractivity contribution in [2.24, 2.45) is 0 Å². The summed E-state index contributed by atoms with van der Waals surface area (Å²) in [5, 5.41) is 2.02. The van der Waals surface area contributed by atoms with Gasteiger partial charge in [-0.05, 0) is 58.5 Å². The third-order valence-corrected chi connectivity index (χ3v) is 4.88. The normalized spacial score (nSPS) is 10.1. The average Bonchev–Trinajstić information content (AvgIpc) is 3.24. The van der Waals surface area contributed by atoms with Gasteiger partial charge in [-0.1, -0.05) is 30.3 Å². The minimum absolute atomic E-state index is 0.368. The van der Waals surface area contributed by atoms with Gasteiger partial charge in [-0.3, -0.25) is 0 Å². The largest absolute Gasteiger partial charge is 0.465 e. The molecule has 2 aromatic carbocycles. The van der Waals surface area contributed by atoms with Crippen molar-refractivity contribution >= 4 is 34.9 Å². The van der Waals surface area contributed by atoms with Gasteiger partial charge in [0.1, 0.15) is 0 Å². The van der Waals surface area contributed by atoms with E-state index in [0.717, 1.165) is 21.6 Å². The number of methoxy groups -OCH3 is 2. The van der Waals surface area contributed by atoms with Crippen LogP contribution in [0.3, 0.4) is 0 Å². The minimum atomic E-state index is -0.368. The van der Waals surface area contributed by atoms with Gasteiger partial charge in [0.2, 0.25) is 0 Å². The molecule has 0 aliphatic heterocycles. The number of thiophene rings is 1. The molecule has 0 unspecified atom stereocenters. The minimum Gasteiger partial charge on any atom is -0.465 e. The summed E-state index contributed by atoms with van der Waals surface area (Å²) < 4.78 is 9.51. The summed E-state index contributed by atoms with van der Waals surface area (Å²) in [5.74, 6) is -0.736. The molecule has 136 valence electrons. The predicted octanol–water partition coefficient (Wildman–Crippen LogP) is 4.91. The van der Waals surface area contributed by atoms with E-state index in [0.29, 0.717) is 11.1 Å². The van der Waals surface area contributed by atoms with E-state index in [-0.39, 0.29) is 11.9 Å². The Kier molecular flexibility index (Phi) is 5.84. The predicted molar refractivity (Wildman–Crippen MR) is 107 cm³/mol. The van der Waals surface area contributed by atoms with Crippen molar-refractivity contribution in [3.63, 3.8) is 0 Å². The Balaban J connectivity index is 2.02. The highest BCUT2D eigenvalue weighted by atomic mass is 32.1. The quantitative estimate of drug-likeness (QED) is 0.592. The van der Waals surface area contributed by atoms with Crippen molar-refractivity contribution in [1.29, 1.82) is 0 Å². The van der Waals surface area contributed by atoms with Crippen LogP contribution in [0.15, 0.2) is 66.0 Å². The average molecular weight is 378 g/mol. The molecule has 0 aliphatic carbocycles. The number of esters is 2. The Bertz CT molecular complexity index is 891. The number of hydrogen-bond donors (Lipinski definition) is 0. The molecule has 27 heavy (non-hydrogen) atoms. The molecule has 0 atom stereocenters. The third kappa shape index (κ3) is 4.33. The van der Waals surface area contributed by atoms with Crippen molar-refractivity contribution in [1.82, 2.24) is 0 Å². The van der Waals surface area contributed by atoms with Crippen molar-refractivity contribution < 1.29 is 19.1 Å². The summed E-state index contributed by atoms with van der Waals surface area (Å²) in [7, 11) is 2.72. The molecule has 4 nitrogen and oxygen atoms in total. The molecule has 0 radical (unpaired) electrons. The number of benzene rings is 2. The SMILES string of the molecule is COC(=O)c1ccc(C(=Cc2cccs2)c2ccc(C(=O)OC)cc2)cc1. The molecule has 0 spiro atoms. The summed E-state index contributed by atoms with van der Waals surface area (Å²) in [5.41, 5.74) is 3.91. The van der Waals surface area contributed by atoms with Crippen molar-refractivity contribution in [2.75, 3.05) is 14.2 Å². The molecule has 5 heteroatoms. The zero-order valence-electron chi connectivity index (χ0n) is 15.0. The molecular formula is C22H18O4S. The molecule has 3 rings (SSSR count). The van der Waals surface area contributed by atoms with E-state index in [4.69, 9.17) is 9.47 Å². The monoisotopic (exact) mass is 378 g/mol. The first kappa shape index (κ1) is 18.6. The lowest BCUT2D eigenvalue weighted by Gasteiger charge is -2.10. The molecule has 0 saturated heterocycles. The molecule has 0 bridgehead atoms. The first-order valence-corrected chi connectivity index (χ1v) is 9.13. The van der Waals surface area contributed by atoms with Gasteiger partial charge in [0.25, 0.3) is 0 Å². The van der Waals surface area contributed by atoms with Crippen molar-refractivity contribution in [3.05, 3.63) is 93.2 Å². The lowest BCUT2D eigenvalue weighted by atomic mass is 9.95. The van der Waals surface area contributed by atoms with Crippen LogP contribution in [0.5, 0.6) is 0 Å². The number of hydrogen-bond acceptors (Lipinski definition) is 5. The molecule has 1 aromatic heterocycles. The highest BCUT2D eigenvalue weighted by molar-refractivity contribution is 7.10. The summed E-state index contributed by atoms with van der Waals surface area (Å²) >= 11 is 1.64. The van der Waals surface area contributed by atoms with Crippen LogP contribution in [0.4, 0.5) is 0 Å². The first-order chi connectivity index (χ1) is 13.1. The Labute approximate surface area is 161 Å². The van der Waals surface area contributed by atoms with Gasteiger partial charge in [0, 0.05) is 4.88 Å². The molecular weight excluding hydrogens is 360 g/mol. The van der Waals surface area contributed by atoms with E-state index in [2.05, 4.69) is 6.08 Å². The fourth-order valence-electron chi connectivity index (χ4n) is 2.66. The maximum Gasteiger partial charge on any atom is 0.337 e. The van der Waals surface area contributed by atoms with Gasteiger partial charge in [-0.2, -0.15) is 0 Å². The second kappa shape index (κ2) is 8.47. The number of carbonyl (C=O) groups excluding carboxylic acids is 2. The van der Waals surface area contributed by atoms with Crippen LogP contribution in [0.2, 0.25) is 0 Å². The topological polar surface area (TPSA) is 52.6 Å². The zero-order chi connectivity index (χ0) is 19.2. The maximum absolute atomic E-state index is 11.7. The van der Waals surface area contributed by atoms with E-state index < -0.39 is 0 Å². The number of rotatable bonds is 5. The van der Waals surface area contributed by atoms with Gasteiger partial charge in [-0.25, -0.2) is 9.59 Å². The third-order valence-electron chi connectivity index (χ3n) is 4.06. The molecule has 0 aliphatic rings. The van der Waals surface area contributed by atoms with Crippen LogP contribution >= 0.6 is 11.3 Å². The molecule has 0 N–H and O–H groups in total. The first-order valence-electron chi connectivity index (χ1n) is 8.25. The Morgan fingerprint density at radius 1 is 0.741 bits per heavy atom. The highest BCUT2D eigenvalue weighted by Crippen LogP contribution is 2.28. The van der Waals surface area contributed by atoms with E-state index in [1.165, 1.54) is 14.2 Å². The van der Waals surface area contributed by atoms with Crippen LogP contribution in [-0.2, 0) is 9.47 Å². The second-order valence-electron chi connectivity index (χ2n) is 5.71. The van der Waals surface area contributed by atoms with Crippen LogP contribution in [0, 0.1) is 0 Å². The lowest BCUT2D eigenvalue weighted by Crippen LogP contribution is -2.02. The Hall–Kier alpha value is -3.18. The second-order valence-corrected chi connectivity index (χ2v) is 6.69. The summed E-state index contributed by atoms with van der Waals surface area (Å²) in [6.45, 7) is 0. The van der Waals surface area contributed by atoms with Crippen molar-refractivity contribution in [3.8, 4) is 0 Å². The number of ether oxygens (including phenoxy) is 2. The standard InChI is InChI=1S/C22H18O4S/c1-25-21(23)17-9-5-15(6-10-17)20(14-19-4-3-13-27-19)16-7-11-18(12-8-16)22(24)26-2/h3-14H,1-2H3. The summed E-state index contributed by atoms with van der Waals surface area (Å²) in [4.78, 5) is 24.5. The van der Waals surface area contributed by atoms with Crippen molar-refractivity contribution in [2.45, 2.75) is 0 Å². The highest BCUT2D eigenvalue weighted by Gasteiger charge is 2.11. The lowest BCUT2D eigenvalue weighted by molar-refractivity contribution is 0.0592. The van der Waals surface area contributed by atoms with Gasteiger partial charge >= 0.3 is 11.9 Å². The van der Waals surface area contributed by atoms with E-state index in [1.807, 2.05) is 41.8 Å². The van der Waals surface area contributed by atoms with Gasteiger partial charge in [0.05, 0.1) is 25.3 Å². The number of carbonyl (C=O) groups is 2. The molecule has 3 aromatic rings. The fourth-order valence-corrected chi connectivity index (χ4v) is 3.31.